The Labute approximate surface area is 129 Å². The van der Waals surface area contributed by atoms with Crippen molar-refractivity contribution in [2.75, 3.05) is 6.61 Å². The summed E-state index contributed by atoms with van der Waals surface area (Å²) in [5, 5.41) is 8.89. The number of nitrogens with zero attached hydrogens (tertiary/aromatic N) is 1. The van der Waals surface area contributed by atoms with Gasteiger partial charge >= 0.3 is 0 Å². The maximum atomic E-state index is 8.89. The van der Waals surface area contributed by atoms with E-state index in [2.05, 4.69) is 16.5 Å². The molecule has 0 amide bonds. The molecule has 118 valence electrons. The van der Waals surface area contributed by atoms with Crippen LogP contribution >= 0.6 is 0 Å². The number of carboxylic acid groups (broad SMARTS) is 1. The van der Waals surface area contributed by atoms with E-state index in [0.717, 1.165) is 31.4 Å². The fourth-order valence-electron chi connectivity index (χ4n) is 2.25. The van der Waals surface area contributed by atoms with Crippen LogP contribution in [0.1, 0.15) is 19.7 Å². The maximum Gasteiger partial charge on any atom is 0.258 e. The zero-order chi connectivity index (χ0) is 15.9. The molecule has 0 saturated heterocycles. The van der Waals surface area contributed by atoms with Crippen molar-refractivity contribution in [3.63, 3.8) is 0 Å². The predicted octanol–water partition coefficient (Wildman–Crippen LogP) is 0.461. The number of para-hydroxylation sites is 2. The molecule has 1 aliphatic rings. The van der Waals surface area contributed by atoms with Crippen molar-refractivity contribution in [1.82, 2.24) is 4.98 Å². The highest BCUT2D eigenvalue weighted by molar-refractivity contribution is 5.60. The Morgan fingerprint density at radius 2 is 2.09 bits per heavy atom. The number of rotatable bonds is 3. The number of aromatic amines is 1. The quantitative estimate of drug-likeness (QED) is 0.836. The third kappa shape index (κ3) is 4.25. The number of imidazole rings is 1. The van der Waals surface area contributed by atoms with Gasteiger partial charge in [0.15, 0.2) is 11.5 Å². The lowest BCUT2D eigenvalue weighted by atomic mass is 10.2. The van der Waals surface area contributed by atoms with Crippen molar-refractivity contribution in [1.29, 1.82) is 0 Å². The van der Waals surface area contributed by atoms with Crippen LogP contribution in [-0.4, -0.2) is 23.7 Å². The van der Waals surface area contributed by atoms with Gasteiger partial charge in [-0.15, -0.1) is 0 Å². The molecule has 0 fully saturated rings. The fraction of sp³-hybridized carbons (Fsp3) is 0.375. The molecular formula is C16H20N2O4. The Balaban J connectivity index is 0.000000396. The van der Waals surface area contributed by atoms with E-state index >= 15 is 0 Å². The summed E-state index contributed by atoms with van der Waals surface area (Å²) in [7, 11) is 0. The number of aromatic nitrogens is 2. The largest absolute Gasteiger partial charge is 0.550 e. The number of hydrogen-bond donors (Lipinski definition) is 1. The first kappa shape index (κ1) is 15.9. The van der Waals surface area contributed by atoms with Gasteiger partial charge in [-0.05, 0) is 26.0 Å². The van der Waals surface area contributed by atoms with Crippen LogP contribution in [0.3, 0.4) is 0 Å². The summed E-state index contributed by atoms with van der Waals surface area (Å²) in [5.74, 6) is 1.76. The van der Waals surface area contributed by atoms with Gasteiger partial charge in [0.2, 0.25) is 0 Å². The lowest BCUT2D eigenvalue weighted by molar-refractivity contribution is -0.699. The van der Waals surface area contributed by atoms with E-state index in [4.69, 9.17) is 19.4 Å². The molecule has 6 nitrogen and oxygen atoms in total. The third-order valence-electron chi connectivity index (χ3n) is 3.18. The Morgan fingerprint density at radius 1 is 1.41 bits per heavy atom. The van der Waals surface area contributed by atoms with Crippen molar-refractivity contribution in [2.24, 2.45) is 0 Å². The number of nitrogens with one attached hydrogen (secondary N) is 1. The fourth-order valence-corrected chi connectivity index (χ4v) is 2.25. The van der Waals surface area contributed by atoms with Gasteiger partial charge in [0.05, 0.1) is 13.0 Å². The molecule has 2 heterocycles. The van der Waals surface area contributed by atoms with Crippen LogP contribution < -0.4 is 19.1 Å². The first-order chi connectivity index (χ1) is 10.6. The molecule has 1 N–H and O–H groups in total. The number of fused-ring (bicyclic) bond motifs is 1. The third-order valence-corrected chi connectivity index (χ3v) is 3.18. The number of H-pyrrole nitrogens is 1. The molecule has 0 spiro atoms. The maximum absolute atomic E-state index is 8.89. The van der Waals surface area contributed by atoms with Crippen LogP contribution in [-0.2, 0) is 17.8 Å². The normalized spacial score (nSPS) is 15.6. The van der Waals surface area contributed by atoms with Crippen LogP contribution in [0, 0.1) is 0 Å². The highest BCUT2D eigenvalue weighted by atomic mass is 16.6. The summed E-state index contributed by atoms with van der Waals surface area (Å²) in [4.78, 5) is 12.1. The van der Waals surface area contributed by atoms with Crippen LogP contribution in [0.5, 0.6) is 11.5 Å². The van der Waals surface area contributed by atoms with Gasteiger partial charge in [-0.25, -0.2) is 9.55 Å². The molecule has 0 aliphatic carbocycles. The van der Waals surface area contributed by atoms with Crippen molar-refractivity contribution >= 4 is 5.97 Å². The lowest BCUT2D eigenvalue weighted by Crippen LogP contribution is -2.40. The number of ether oxygens (including phenoxy) is 2. The first-order valence-corrected chi connectivity index (χ1v) is 7.22. The number of hydrogen-bond acceptors (Lipinski definition) is 4. The summed E-state index contributed by atoms with van der Waals surface area (Å²) < 4.78 is 13.8. The molecule has 1 unspecified atom stereocenters. The summed E-state index contributed by atoms with van der Waals surface area (Å²) in [5.41, 5.74) is 0. The molecular weight excluding hydrogens is 284 g/mol. The Bertz CT molecular complexity index is 620. The van der Waals surface area contributed by atoms with Crippen molar-refractivity contribution in [3.8, 4) is 11.5 Å². The molecule has 6 heteroatoms. The van der Waals surface area contributed by atoms with E-state index in [1.165, 1.54) is 5.82 Å². The van der Waals surface area contributed by atoms with Gasteiger partial charge in [0.1, 0.15) is 25.1 Å². The van der Waals surface area contributed by atoms with Crippen molar-refractivity contribution < 1.29 is 23.9 Å². The molecule has 1 aliphatic heterocycles. The molecule has 1 atom stereocenters. The monoisotopic (exact) mass is 304 g/mol. The van der Waals surface area contributed by atoms with Crippen molar-refractivity contribution in [3.05, 3.63) is 42.5 Å². The second-order valence-corrected chi connectivity index (χ2v) is 4.89. The van der Waals surface area contributed by atoms with Gasteiger partial charge in [-0.3, -0.25) is 0 Å². The molecule has 2 aromatic rings. The topological polar surface area (TPSA) is 78.3 Å². The van der Waals surface area contributed by atoms with Crippen molar-refractivity contribution in [2.45, 2.75) is 32.9 Å². The minimum atomic E-state index is -1.08. The standard InChI is InChI=1S/C14H16N2O2.C2H4O2/c1-2-16-8-7-15-14(16)9-11-10-17-12-5-3-4-6-13(12)18-11;1-2(3)4/h3-8,11H,2,9-10H2,1H3;1H3,(H,3,4). The number of aliphatic carboxylic acids is 1. The SMILES string of the molecule is CC(=O)[O-].CC[n+]1cc[nH]c1CC1COc2ccccc2O1. The number of carbonyl (C=O) groups is 1. The van der Waals surface area contributed by atoms with Gasteiger partial charge in [-0.2, -0.15) is 0 Å². The molecule has 0 radical (unpaired) electrons. The smallest absolute Gasteiger partial charge is 0.258 e. The van der Waals surface area contributed by atoms with Crippen LogP contribution in [0.15, 0.2) is 36.7 Å². The van der Waals surface area contributed by atoms with Crippen LogP contribution in [0.25, 0.3) is 0 Å². The van der Waals surface area contributed by atoms with Gasteiger partial charge in [0, 0.05) is 5.97 Å². The second kappa shape index (κ2) is 7.49. The average molecular weight is 304 g/mol. The zero-order valence-corrected chi connectivity index (χ0v) is 12.7. The summed E-state index contributed by atoms with van der Waals surface area (Å²) in [6, 6.07) is 7.81. The number of carboxylic acids is 1. The molecule has 1 aromatic carbocycles. The average Bonchev–Trinajstić information content (AvgIpc) is 2.94. The summed E-state index contributed by atoms with van der Waals surface area (Å²) >= 11 is 0. The minimum Gasteiger partial charge on any atom is -0.550 e. The zero-order valence-electron chi connectivity index (χ0n) is 12.7. The van der Waals surface area contributed by atoms with E-state index in [0.29, 0.717) is 6.61 Å². The number of benzene rings is 1. The van der Waals surface area contributed by atoms with Crippen LogP contribution in [0.4, 0.5) is 0 Å². The van der Waals surface area contributed by atoms with Gasteiger partial charge in [-0.1, -0.05) is 12.1 Å². The highest BCUT2D eigenvalue weighted by Gasteiger charge is 2.24. The molecule has 1 aromatic heterocycles. The van der Waals surface area contributed by atoms with E-state index in [-0.39, 0.29) is 6.10 Å². The van der Waals surface area contributed by atoms with E-state index in [1.54, 1.807) is 0 Å². The molecule has 22 heavy (non-hydrogen) atoms. The molecule has 3 rings (SSSR count). The Morgan fingerprint density at radius 3 is 2.77 bits per heavy atom. The lowest BCUT2D eigenvalue weighted by Gasteiger charge is -2.25. The van der Waals surface area contributed by atoms with Gasteiger partial charge < -0.3 is 19.4 Å². The Kier molecular flexibility index (Phi) is 5.41. The van der Waals surface area contributed by atoms with Crippen LogP contribution in [0.2, 0.25) is 0 Å². The second-order valence-electron chi connectivity index (χ2n) is 4.89. The highest BCUT2D eigenvalue weighted by Crippen LogP contribution is 2.31. The minimum absolute atomic E-state index is 0.0661. The molecule has 0 bridgehead atoms. The number of carbonyl (C=O) groups excluding carboxylic acids is 1. The molecule has 0 saturated carbocycles. The number of aryl methyl sites for hydroxylation is 1. The van der Waals surface area contributed by atoms with E-state index in [9.17, 15) is 0 Å². The Hall–Kier alpha value is -2.50. The first-order valence-electron chi connectivity index (χ1n) is 7.22. The summed E-state index contributed by atoms with van der Waals surface area (Å²) in [6.45, 7) is 4.66. The van der Waals surface area contributed by atoms with E-state index in [1.807, 2.05) is 36.7 Å². The summed E-state index contributed by atoms with van der Waals surface area (Å²) in [6.07, 6.45) is 4.90. The predicted molar refractivity (Wildman–Crippen MR) is 77.4 cm³/mol. The van der Waals surface area contributed by atoms with Gasteiger partial charge in [0.25, 0.3) is 5.82 Å². The van der Waals surface area contributed by atoms with E-state index < -0.39 is 5.97 Å².